The van der Waals surface area contributed by atoms with Crippen LogP contribution in [0.1, 0.15) is 31.4 Å². The van der Waals surface area contributed by atoms with Crippen LogP contribution in [0.4, 0.5) is 4.79 Å². The van der Waals surface area contributed by atoms with Gasteiger partial charge in [-0.3, -0.25) is 10.3 Å². The van der Waals surface area contributed by atoms with Crippen molar-refractivity contribution in [3.05, 3.63) is 71.8 Å². The predicted molar refractivity (Wildman–Crippen MR) is 127 cm³/mol. The molecule has 37 heavy (non-hydrogen) atoms. The SMILES string of the molecule is CC(C)C[C@H](N[P+]([O-])(O)CNC(=O)OCc1ccccc1)C([O-])=N[C@@H](Cc1ccccc1)C(=O)[O-].[Li+].[Li+]. The van der Waals surface area contributed by atoms with Gasteiger partial charge in [0.1, 0.15) is 6.61 Å². The summed E-state index contributed by atoms with van der Waals surface area (Å²) in [7, 11) is -4.25. The number of carbonyl (C=O) groups excluding carboxylic acids is 2. The second kappa shape index (κ2) is 17.6. The van der Waals surface area contributed by atoms with Crippen LogP contribution in [0.3, 0.4) is 0 Å². The molecule has 0 aromatic heterocycles. The van der Waals surface area contributed by atoms with Crippen molar-refractivity contribution >= 4 is 25.8 Å². The number of nitrogens with zero attached hydrogens (tertiary/aromatic N) is 1. The molecule has 1 amide bonds. The minimum Gasteiger partial charge on any atom is -0.861 e. The minimum atomic E-state index is -4.25. The Hall–Kier alpha value is -1.85. The summed E-state index contributed by atoms with van der Waals surface area (Å²) >= 11 is 0. The van der Waals surface area contributed by atoms with Crippen LogP contribution in [0.5, 0.6) is 0 Å². The number of nitrogens with one attached hydrogen (secondary N) is 2. The molecule has 2 aromatic carbocycles. The Morgan fingerprint density at radius 1 is 1.00 bits per heavy atom. The number of alkyl carbamates (subject to hydrolysis) is 1. The number of aliphatic imine (C=N–C) groups is 1. The van der Waals surface area contributed by atoms with Gasteiger partial charge in [-0.15, -0.1) is 0 Å². The summed E-state index contributed by atoms with van der Waals surface area (Å²) in [6.07, 6.45) is -1.54. The average Bonchev–Trinajstić information content (AvgIpc) is 2.81. The fraction of sp³-hybridized carbons (Fsp3) is 0.375. The third-order valence-electron chi connectivity index (χ3n) is 4.84. The van der Waals surface area contributed by atoms with Gasteiger partial charge in [-0.05, 0) is 29.4 Å². The first-order valence-corrected chi connectivity index (χ1v) is 12.9. The van der Waals surface area contributed by atoms with Crippen LogP contribution in [0.2, 0.25) is 0 Å². The van der Waals surface area contributed by atoms with Crippen molar-refractivity contribution in [3.63, 3.8) is 0 Å². The fourth-order valence-electron chi connectivity index (χ4n) is 3.18. The smallest absolute Gasteiger partial charge is 0.861 e. The van der Waals surface area contributed by atoms with Crippen molar-refractivity contribution in [1.82, 2.24) is 10.4 Å². The normalized spacial score (nSPS) is 14.4. The Bertz CT molecular complexity index is 983. The standard InChI is InChI=1S/C24H32N3O7P.2Li/c1-17(2)13-20(22(28)26-21(23(29)30)14-18-9-5-3-6-10-18)27-35(32,33)16-25-24(31)34-15-19-11-7-4-8-12-19;;/h3-12,17,20-21H,13-16H2,1-2H3,(H,25,31)(H,26,28)(H,29,30)(H2,27,32,33);;/q;2*+1/p-2/t20-,21-;;/m0../s1. The molecule has 2 rings (SSSR count). The van der Waals surface area contributed by atoms with E-state index in [9.17, 15) is 29.6 Å². The van der Waals surface area contributed by atoms with Crippen LogP contribution in [0, 0.1) is 5.92 Å². The molecule has 0 spiro atoms. The Balaban J connectivity index is 0.00000648. The van der Waals surface area contributed by atoms with E-state index in [4.69, 9.17) is 4.74 Å². The molecule has 0 heterocycles. The van der Waals surface area contributed by atoms with E-state index in [1.807, 2.05) is 6.07 Å². The van der Waals surface area contributed by atoms with Crippen LogP contribution in [-0.4, -0.2) is 41.2 Å². The summed E-state index contributed by atoms with van der Waals surface area (Å²) in [6.45, 7) is 3.57. The number of aliphatic carboxylic acids is 1. The maximum Gasteiger partial charge on any atom is 1.00 e. The van der Waals surface area contributed by atoms with Gasteiger partial charge in [-0.1, -0.05) is 74.5 Å². The van der Waals surface area contributed by atoms with Gasteiger partial charge in [-0.2, -0.15) is 5.09 Å². The molecule has 2 aromatic rings. The molecule has 10 nitrogen and oxygen atoms in total. The summed E-state index contributed by atoms with van der Waals surface area (Å²) < 4.78 is 5.01. The molecular weight excluding hydrogens is 487 g/mol. The Kier molecular flexibility index (Phi) is 16.7. The van der Waals surface area contributed by atoms with E-state index in [-0.39, 0.29) is 63.1 Å². The molecule has 0 saturated heterocycles. The molecule has 0 radical (unpaired) electrons. The van der Waals surface area contributed by atoms with Crippen molar-refractivity contribution in [2.45, 2.75) is 45.4 Å². The topological polar surface area (TPSA) is 169 Å². The van der Waals surface area contributed by atoms with Crippen LogP contribution in [-0.2, 0) is 22.6 Å². The molecule has 0 aliphatic heterocycles. The van der Waals surface area contributed by atoms with E-state index in [2.05, 4.69) is 15.4 Å². The monoisotopic (exact) mass is 517 g/mol. The second-order valence-corrected chi connectivity index (χ2v) is 10.4. The molecule has 0 aliphatic carbocycles. The maximum absolute atomic E-state index is 12.8. The molecule has 3 atom stereocenters. The minimum absolute atomic E-state index is 0. The third-order valence-corrected chi connectivity index (χ3v) is 6.14. The number of hydrogen-bond donors (Lipinski definition) is 3. The molecule has 0 saturated carbocycles. The Labute approximate surface area is 241 Å². The molecule has 13 heteroatoms. The zero-order valence-corrected chi connectivity index (χ0v) is 22.5. The van der Waals surface area contributed by atoms with Gasteiger partial charge in [-0.25, -0.2) is 9.69 Å². The van der Waals surface area contributed by atoms with E-state index in [0.717, 1.165) is 5.56 Å². The van der Waals surface area contributed by atoms with Gasteiger partial charge >= 0.3 is 43.8 Å². The zero-order valence-electron chi connectivity index (χ0n) is 21.6. The number of ether oxygens (including phenoxy) is 1. The third kappa shape index (κ3) is 14.0. The largest absolute Gasteiger partial charge is 1.00 e. The van der Waals surface area contributed by atoms with Crippen LogP contribution in [0.25, 0.3) is 0 Å². The number of benzene rings is 2. The van der Waals surface area contributed by atoms with E-state index < -0.39 is 44.2 Å². The van der Waals surface area contributed by atoms with Gasteiger partial charge in [0, 0.05) is 6.42 Å². The molecule has 190 valence electrons. The van der Waals surface area contributed by atoms with Crippen LogP contribution >= 0.6 is 7.87 Å². The van der Waals surface area contributed by atoms with Crippen molar-refractivity contribution in [2.75, 3.05) is 6.29 Å². The number of amides is 1. The number of carboxylic acid groups (broad SMARTS) is 1. The Morgan fingerprint density at radius 3 is 2.05 bits per heavy atom. The van der Waals surface area contributed by atoms with Crippen molar-refractivity contribution in [1.29, 1.82) is 0 Å². The van der Waals surface area contributed by atoms with Gasteiger partial charge in [0.25, 0.3) is 0 Å². The van der Waals surface area contributed by atoms with E-state index >= 15 is 0 Å². The van der Waals surface area contributed by atoms with Crippen LogP contribution < -0.4 is 63.2 Å². The number of hydrogen-bond acceptors (Lipinski definition) is 9. The molecule has 0 fully saturated rings. The second-order valence-electron chi connectivity index (χ2n) is 8.40. The first kappa shape index (κ1) is 35.2. The number of rotatable bonds is 13. The summed E-state index contributed by atoms with van der Waals surface area (Å²) in [5.41, 5.74) is 1.40. The maximum atomic E-state index is 12.8. The molecular formula is C24H30Li2N3O7P. The summed E-state index contributed by atoms with van der Waals surface area (Å²) in [6, 6.07) is 14.8. The van der Waals surface area contributed by atoms with Crippen molar-refractivity contribution in [3.8, 4) is 0 Å². The summed E-state index contributed by atoms with van der Waals surface area (Å²) in [4.78, 5) is 50.2. The molecule has 1 unspecified atom stereocenters. The predicted octanol–water partition coefficient (Wildman–Crippen LogP) is -5.88. The first-order valence-electron chi connectivity index (χ1n) is 11.1. The summed E-state index contributed by atoms with van der Waals surface area (Å²) in [5.74, 6) is -2.49. The number of carboxylic acids is 1. The molecule has 0 aliphatic rings. The number of carbonyl (C=O) groups is 2. The fourth-order valence-corrected chi connectivity index (χ4v) is 4.32. The van der Waals surface area contributed by atoms with Crippen molar-refractivity contribution in [2.24, 2.45) is 10.9 Å². The van der Waals surface area contributed by atoms with Gasteiger partial charge in [0.05, 0.1) is 18.1 Å². The summed E-state index contributed by atoms with van der Waals surface area (Å²) in [5, 5.41) is 28.9. The van der Waals surface area contributed by atoms with E-state index in [1.54, 1.807) is 68.4 Å². The van der Waals surface area contributed by atoms with Gasteiger partial charge < -0.3 is 24.6 Å². The first-order chi connectivity index (χ1) is 16.6. The van der Waals surface area contributed by atoms with E-state index in [1.165, 1.54) is 0 Å². The molecule has 0 bridgehead atoms. The van der Waals surface area contributed by atoms with Gasteiger partial charge in [0.15, 0.2) is 14.2 Å². The zero-order chi connectivity index (χ0) is 25.8. The molecule has 3 N–H and O–H groups in total. The van der Waals surface area contributed by atoms with Crippen LogP contribution in [0.15, 0.2) is 65.7 Å². The Morgan fingerprint density at radius 2 is 1.54 bits per heavy atom. The van der Waals surface area contributed by atoms with Gasteiger partial charge in [0.2, 0.25) is 0 Å². The van der Waals surface area contributed by atoms with Crippen molar-refractivity contribution < 1.29 is 72.0 Å². The van der Waals surface area contributed by atoms with E-state index in [0.29, 0.717) is 5.56 Å². The quantitative estimate of drug-likeness (QED) is 0.102. The average molecular weight is 517 g/mol.